The van der Waals surface area contributed by atoms with Gasteiger partial charge in [-0.25, -0.2) is 0 Å². The maximum Gasteiger partial charge on any atom is 0.265 e. The van der Waals surface area contributed by atoms with Crippen LogP contribution >= 0.6 is 0 Å². The number of rotatable bonds is 7. The number of benzene rings is 2. The quantitative estimate of drug-likeness (QED) is 0.811. The van der Waals surface area contributed by atoms with Crippen LogP contribution in [0.2, 0.25) is 0 Å². The van der Waals surface area contributed by atoms with Crippen LogP contribution in [0, 0.1) is 0 Å². The lowest BCUT2D eigenvalue weighted by atomic mass is 10.2. The normalized spacial score (nSPS) is 12.8. The maximum atomic E-state index is 12.2. The van der Waals surface area contributed by atoms with Crippen molar-refractivity contribution in [2.45, 2.75) is 13.3 Å². The molecule has 7 nitrogen and oxygen atoms in total. The van der Waals surface area contributed by atoms with Crippen molar-refractivity contribution in [3.05, 3.63) is 42.5 Å². The molecule has 0 saturated heterocycles. The van der Waals surface area contributed by atoms with Gasteiger partial charge < -0.3 is 24.4 Å². The molecule has 0 aliphatic carbocycles. The monoisotopic (exact) mass is 370 g/mol. The second-order valence-corrected chi connectivity index (χ2v) is 6.00. The Morgan fingerprint density at radius 1 is 1.22 bits per heavy atom. The van der Waals surface area contributed by atoms with Crippen molar-refractivity contribution < 1.29 is 23.8 Å². The Morgan fingerprint density at radius 2 is 2.00 bits per heavy atom. The average molecular weight is 370 g/mol. The highest BCUT2D eigenvalue weighted by atomic mass is 16.5. The Labute approximate surface area is 157 Å². The molecule has 2 aromatic carbocycles. The minimum absolute atomic E-state index is 0.0332. The number of anilines is 2. The molecule has 0 spiro atoms. The van der Waals surface area contributed by atoms with Gasteiger partial charge in [0.05, 0.1) is 12.8 Å². The Hall–Kier alpha value is -3.22. The largest absolute Gasteiger partial charge is 0.493 e. The third-order valence-electron chi connectivity index (χ3n) is 4.06. The molecule has 0 fully saturated rings. The molecule has 2 amide bonds. The molecule has 1 heterocycles. The van der Waals surface area contributed by atoms with Crippen LogP contribution in [-0.2, 0) is 9.59 Å². The van der Waals surface area contributed by atoms with Crippen molar-refractivity contribution in [2.75, 3.05) is 37.1 Å². The summed E-state index contributed by atoms with van der Waals surface area (Å²) >= 11 is 0. The number of nitrogens with one attached hydrogen (secondary N) is 1. The van der Waals surface area contributed by atoms with E-state index in [1.807, 2.05) is 13.0 Å². The number of carbonyl (C=O) groups excluding carboxylic acids is 2. The fraction of sp³-hybridized carbons (Fsp3) is 0.300. The summed E-state index contributed by atoms with van der Waals surface area (Å²) in [7, 11) is 1.54. The predicted octanol–water partition coefficient (Wildman–Crippen LogP) is 2.85. The van der Waals surface area contributed by atoms with Crippen LogP contribution in [0.15, 0.2) is 42.5 Å². The molecule has 1 aliphatic rings. The number of nitrogens with zero attached hydrogens (tertiary/aromatic N) is 1. The SMILES string of the molecule is CCCN1C(=O)COc2ccc(NC(=O)COc3ccccc3OC)cc21. The van der Waals surface area contributed by atoms with E-state index < -0.39 is 0 Å². The first kappa shape index (κ1) is 18.6. The van der Waals surface area contributed by atoms with Gasteiger partial charge >= 0.3 is 0 Å². The average Bonchev–Trinajstić information content (AvgIpc) is 2.69. The van der Waals surface area contributed by atoms with Gasteiger partial charge in [-0.15, -0.1) is 0 Å². The van der Waals surface area contributed by atoms with Crippen LogP contribution in [0.4, 0.5) is 11.4 Å². The zero-order chi connectivity index (χ0) is 19.2. The molecule has 0 aromatic heterocycles. The number of hydrogen-bond donors (Lipinski definition) is 1. The van der Waals surface area contributed by atoms with Gasteiger partial charge in [-0.05, 0) is 36.8 Å². The Kier molecular flexibility index (Phi) is 5.80. The van der Waals surface area contributed by atoms with Crippen molar-refractivity contribution >= 4 is 23.2 Å². The summed E-state index contributed by atoms with van der Waals surface area (Å²) < 4.78 is 16.2. The van der Waals surface area contributed by atoms with Gasteiger partial charge in [0, 0.05) is 12.2 Å². The molecule has 1 aliphatic heterocycles. The van der Waals surface area contributed by atoms with Crippen LogP contribution in [0.3, 0.4) is 0 Å². The number of carbonyl (C=O) groups is 2. The van der Waals surface area contributed by atoms with Crippen LogP contribution in [0.25, 0.3) is 0 Å². The molecule has 1 N–H and O–H groups in total. The molecule has 142 valence electrons. The molecule has 0 saturated carbocycles. The van der Waals surface area contributed by atoms with Crippen molar-refractivity contribution in [3.8, 4) is 17.2 Å². The van der Waals surface area contributed by atoms with Gasteiger partial charge in [0.2, 0.25) is 0 Å². The molecular formula is C20H22N2O5. The van der Waals surface area contributed by atoms with E-state index in [0.717, 1.165) is 6.42 Å². The standard InChI is InChI=1S/C20H22N2O5/c1-3-10-22-15-11-14(8-9-16(15)27-13-20(22)24)21-19(23)12-26-18-7-5-4-6-17(18)25-2/h4-9,11H,3,10,12-13H2,1-2H3,(H,21,23). The van der Waals surface area contributed by atoms with Gasteiger partial charge in [-0.3, -0.25) is 9.59 Å². The van der Waals surface area contributed by atoms with Crippen LogP contribution in [0.1, 0.15) is 13.3 Å². The van der Waals surface area contributed by atoms with Crippen LogP contribution < -0.4 is 24.4 Å². The summed E-state index contributed by atoms with van der Waals surface area (Å²) in [6, 6.07) is 12.3. The van der Waals surface area contributed by atoms with Crippen molar-refractivity contribution in [1.29, 1.82) is 0 Å². The third-order valence-corrected chi connectivity index (χ3v) is 4.06. The van der Waals surface area contributed by atoms with Gasteiger partial charge in [0.1, 0.15) is 5.75 Å². The summed E-state index contributed by atoms with van der Waals surface area (Å²) in [6.07, 6.45) is 0.828. The molecule has 0 atom stereocenters. The number of methoxy groups -OCH3 is 1. The van der Waals surface area contributed by atoms with E-state index in [2.05, 4.69) is 5.32 Å². The number of para-hydroxylation sites is 2. The molecular weight excluding hydrogens is 348 g/mol. The zero-order valence-corrected chi connectivity index (χ0v) is 15.4. The number of amides is 2. The van der Waals surface area contributed by atoms with Crippen LogP contribution in [-0.4, -0.2) is 38.7 Å². The third kappa shape index (κ3) is 4.31. The first-order valence-corrected chi connectivity index (χ1v) is 8.75. The molecule has 3 rings (SSSR count). The molecule has 27 heavy (non-hydrogen) atoms. The second kappa shape index (κ2) is 8.44. The van der Waals surface area contributed by atoms with E-state index in [1.54, 1.807) is 48.4 Å². The lowest BCUT2D eigenvalue weighted by Crippen LogP contribution is -2.39. The smallest absolute Gasteiger partial charge is 0.265 e. The highest BCUT2D eigenvalue weighted by molar-refractivity contribution is 5.99. The van der Waals surface area contributed by atoms with Crippen LogP contribution in [0.5, 0.6) is 17.2 Å². The number of fused-ring (bicyclic) bond motifs is 1. The molecule has 0 bridgehead atoms. The fourth-order valence-electron chi connectivity index (χ4n) is 2.83. The lowest BCUT2D eigenvalue weighted by molar-refractivity contribution is -0.121. The van der Waals surface area contributed by atoms with Gasteiger partial charge in [-0.2, -0.15) is 0 Å². The molecule has 7 heteroatoms. The summed E-state index contributed by atoms with van der Waals surface area (Å²) in [5.74, 6) is 1.28. The summed E-state index contributed by atoms with van der Waals surface area (Å²) in [6.45, 7) is 2.48. The Morgan fingerprint density at radius 3 is 2.74 bits per heavy atom. The first-order valence-electron chi connectivity index (χ1n) is 8.75. The first-order chi connectivity index (χ1) is 13.1. The summed E-state index contributed by atoms with van der Waals surface area (Å²) in [4.78, 5) is 26.0. The van der Waals surface area contributed by atoms with Gasteiger partial charge in [0.25, 0.3) is 11.8 Å². The summed E-state index contributed by atoms with van der Waals surface area (Å²) in [5.41, 5.74) is 1.23. The molecule has 2 aromatic rings. The molecule has 0 radical (unpaired) electrons. The minimum Gasteiger partial charge on any atom is -0.493 e. The highest BCUT2D eigenvalue weighted by Gasteiger charge is 2.25. The topological polar surface area (TPSA) is 77.1 Å². The fourth-order valence-corrected chi connectivity index (χ4v) is 2.83. The van der Waals surface area contributed by atoms with Crippen molar-refractivity contribution in [2.24, 2.45) is 0 Å². The molecule has 0 unspecified atom stereocenters. The number of hydrogen-bond acceptors (Lipinski definition) is 5. The Bertz CT molecular complexity index is 837. The predicted molar refractivity (Wildman–Crippen MR) is 102 cm³/mol. The summed E-state index contributed by atoms with van der Waals surface area (Å²) in [5, 5.41) is 2.78. The van der Waals surface area contributed by atoms with Crippen molar-refractivity contribution in [1.82, 2.24) is 0 Å². The lowest BCUT2D eigenvalue weighted by Gasteiger charge is -2.29. The van der Waals surface area contributed by atoms with E-state index in [9.17, 15) is 9.59 Å². The van der Waals surface area contributed by atoms with E-state index >= 15 is 0 Å². The van der Waals surface area contributed by atoms with Crippen molar-refractivity contribution in [3.63, 3.8) is 0 Å². The zero-order valence-electron chi connectivity index (χ0n) is 15.4. The Balaban J connectivity index is 1.67. The van der Waals surface area contributed by atoms with E-state index in [0.29, 0.717) is 35.2 Å². The minimum atomic E-state index is -0.314. The van der Waals surface area contributed by atoms with E-state index in [-0.39, 0.29) is 25.0 Å². The van der Waals surface area contributed by atoms with E-state index in [4.69, 9.17) is 14.2 Å². The van der Waals surface area contributed by atoms with Gasteiger partial charge in [0.15, 0.2) is 24.7 Å². The maximum absolute atomic E-state index is 12.2. The van der Waals surface area contributed by atoms with E-state index in [1.165, 1.54) is 0 Å². The number of ether oxygens (including phenoxy) is 3. The van der Waals surface area contributed by atoms with Gasteiger partial charge in [-0.1, -0.05) is 19.1 Å². The second-order valence-electron chi connectivity index (χ2n) is 6.00. The highest BCUT2D eigenvalue weighted by Crippen LogP contribution is 2.34.